The Hall–Kier alpha value is -2.05. The third kappa shape index (κ3) is 22.8. The molecule has 0 aromatic carbocycles. The summed E-state index contributed by atoms with van der Waals surface area (Å²) >= 11 is 16.3. The number of nitrogens with zero attached hydrogens (tertiary/aromatic N) is 8. The molecule has 470 valence electrons. The molecule has 28 heteroatoms. The van der Waals surface area contributed by atoms with E-state index >= 15 is 0 Å². The Morgan fingerprint density at radius 2 is 0.976 bits per heavy atom. The van der Waals surface area contributed by atoms with Crippen molar-refractivity contribution in [2.45, 2.75) is 187 Å². The average molecular weight is 1450 g/mol. The van der Waals surface area contributed by atoms with Gasteiger partial charge in [0, 0.05) is 60.6 Å². The molecule has 0 radical (unpaired) electrons. The highest BCUT2D eigenvalue weighted by molar-refractivity contribution is 9.18. The average Bonchev–Trinajstić information content (AvgIpc) is 3.79. The maximum atomic E-state index is 12.3. The molecule has 4 fully saturated rings. The van der Waals surface area contributed by atoms with Crippen LogP contribution in [0.1, 0.15) is 155 Å². The van der Waals surface area contributed by atoms with Gasteiger partial charge in [0.15, 0.2) is 0 Å². The minimum atomic E-state index is -3.23. The highest BCUT2D eigenvalue weighted by atomic mass is 79.9. The number of hydrogen-bond acceptors (Lipinski definition) is 18. The predicted molar refractivity (Wildman–Crippen MR) is 343 cm³/mol. The number of rotatable bonds is 4. The summed E-state index contributed by atoms with van der Waals surface area (Å²) in [6.45, 7) is 21.3. The fourth-order valence-corrected chi connectivity index (χ4v) is 17.0. The van der Waals surface area contributed by atoms with Crippen LogP contribution in [0.15, 0.2) is 25.3 Å². The summed E-state index contributed by atoms with van der Waals surface area (Å²) in [6, 6.07) is 0.612. The number of ether oxygens (including phenoxy) is 3. The largest absolute Gasteiger partial charge is 0.444 e. The molecule has 0 bridgehead atoms. The molecule has 8 aliphatic heterocycles. The quantitative estimate of drug-likeness (QED) is 0.221. The highest BCUT2D eigenvalue weighted by Gasteiger charge is 2.36. The van der Waals surface area contributed by atoms with E-state index in [1.807, 2.05) is 102 Å². The van der Waals surface area contributed by atoms with E-state index in [4.69, 9.17) is 28.6 Å². The fourth-order valence-electron chi connectivity index (χ4n) is 10.1. The summed E-state index contributed by atoms with van der Waals surface area (Å²) in [6.07, 6.45) is 9.97. The molecule has 2 aromatic heterocycles. The number of carbonyl (C=O) groups is 3. The van der Waals surface area contributed by atoms with E-state index in [2.05, 4.69) is 62.6 Å². The second kappa shape index (κ2) is 30.9. The summed E-state index contributed by atoms with van der Waals surface area (Å²) in [5.74, 6) is 7.19. The number of fused-ring (bicyclic) bond motifs is 2. The summed E-state index contributed by atoms with van der Waals surface area (Å²) < 4.78 is 72.5. The van der Waals surface area contributed by atoms with E-state index < -0.39 is 36.8 Å². The van der Waals surface area contributed by atoms with Crippen LogP contribution in [0.25, 0.3) is 0 Å². The Morgan fingerprint density at radius 1 is 0.590 bits per heavy atom. The lowest BCUT2D eigenvalue weighted by molar-refractivity contribution is 0.0211. The molecule has 0 spiro atoms. The second-order valence-corrected chi connectivity index (χ2v) is 34.5. The minimum Gasteiger partial charge on any atom is -0.444 e. The van der Waals surface area contributed by atoms with Crippen molar-refractivity contribution in [2.75, 3.05) is 85.0 Å². The van der Waals surface area contributed by atoms with E-state index in [0.717, 1.165) is 117 Å². The molecule has 20 nitrogen and oxygen atoms in total. The van der Waals surface area contributed by atoms with Crippen LogP contribution in [0.2, 0.25) is 0 Å². The third-order valence-electron chi connectivity index (χ3n) is 14.2. The minimum absolute atomic E-state index is 0.0150. The van der Waals surface area contributed by atoms with E-state index in [0.29, 0.717) is 58.0 Å². The highest BCUT2D eigenvalue weighted by Crippen LogP contribution is 2.36. The molecule has 8 aliphatic rings. The molecule has 10 heterocycles. The first-order valence-corrected chi connectivity index (χ1v) is 38.1. The van der Waals surface area contributed by atoms with Crippen LogP contribution in [0.5, 0.6) is 0 Å². The smallest absolute Gasteiger partial charge is 0.410 e. The first-order valence-electron chi connectivity index (χ1n) is 28.6. The number of carbonyl (C=O) groups excluding carboxylic acids is 3. The first kappa shape index (κ1) is 70.0. The Morgan fingerprint density at radius 3 is 1.37 bits per heavy atom. The van der Waals surface area contributed by atoms with Crippen molar-refractivity contribution in [3.63, 3.8) is 0 Å². The molecule has 2 aromatic rings. The van der Waals surface area contributed by atoms with Crippen LogP contribution in [-0.4, -0.2) is 193 Å². The number of amides is 3. The van der Waals surface area contributed by atoms with Crippen molar-refractivity contribution in [3.05, 3.63) is 42.9 Å². The zero-order chi connectivity index (χ0) is 61.1. The third-order valence-corrected chi connectivity index (χ3v) is 21.7. The standard InChI is InChI=1S/C16H24BrN3O4S.C16H24BrN3O2S.C12H17BrN2O2.C6H12O3S2.C5H10OS/c1-16(2,3)24-15(21)19-7-4-13-12(10-19)14(17)18-20(13)11-5-8-25(22,23)9-6-11;1-16(2,3)22-15(21)19-7-4-13-12(10-19)14(17)18-20(13)11-5-8-23-9-6-11;1-12(2,3)17-11(16)15-5-4-8-6-14-10(13)9(8)7-15;1-11(7,8)9-6-2-4-10-5-3-6;6-5-1-3-7-4-2-5/h11H,4-10H2,1-3H3;11H,4-10H2,1-3H3;4-7H2,1-3H3;6H,2-5H2,1H3;5-6H,1-4H2. The molecular formula is C55H87Br3N8O12S5. The molecule has 0 saturated carbocycles. The Bertz CT molecular complexity index is 2820. The first-order chi connectivity index (χ1) is 38.7. The van der Waals surface area contributed by atoms with Crippen molar-refractivity contribution >= 4 is 126 Å². The number of aliphatic imine (C=N–C) groups is 1. The van der Waals surface area contributed by atoms with E-state index in [1.54, 1.807) is 14.7 Å². The van der Waals surface area contributed by atoms with Crippen molar-refractivity contribution in [1.82, 2.24) is 34.3 Å². The molecule has 0 aliphatic carbocycles. The molecule has 0 unspecified atom stereocenters. The van der Waals surface area contributed by atoms with E-state index in [9.17, 15) is 31.2 Å². The molecule has 1 N–H and O–H groups in total. The van der Waals surface area contributed by atoms with Gasteiger partial charge < -0.3 is 34.0 Å². The van der Waals surface area contributed by atoms with Crippen molar-refractivity contribution in [3.8, 4) is 0 Å². The number of aromatic nitrogens is 4. The van der Waals surface area contributed by atoms with Gasteiger partial charge in [-0.05, 0) is 208 Å². The zero-order valence-electron chi connectivity index (χ0n) is 49.9. The monoisotopic (exact) mass is 1450 g/mol. The van der Waals surface area contributed by atoms with Crippen molar-refractivity contribution < 1.29 is 54.7 Å². The van der Waals surface area contributed by atoms with Crippen molar-refractivity contribution in [1.29, 1.82) is 0 Å². The molecule has 83 heavy (non-hydrogen) atoms. The van der Waals surface area contributed by atoms with Gasteiger partial charge in [0.05, 0.1) is 68.2 Å². The normalized spacial score (nSPS) is 20.9. The van der Waals surface area contributed by atoms with Gasteiger partial charge in [0.1, 0.15) is 40.5 Å². The maximum Gasteiger partial charge on any atom is 0.410 e. The molecule has 4 saturated heterocycles. The SMILES string of the molecule is CC(C)(C)OC(=O)N1CCC2=C(C1)C(Br)=NC2.CC(C)(C)OC(=O)N1CCc2c(c(Br)nn2C2CCS(=O)(=O)CC2)C1.CC(C)(C)OC(=O)N1CCc2c(c(Br)nn2C2CCSCC2)C1.CS(=O)(=O)OC1CCSCC1.OC1CCSCC1. The van der Waals surface area contributed by atoms with Gasteiger partial charge in [-0.3, -0.25) is 18.5 Å². The van der Waals surface area contributed by atoms with Crippen LogP contribution in [-0.2, 0) is 64.3 Å². The number of hydrogen-bond donors (Lipinski definition) is 1. The Kier molecular flexibility index (Phi) is 26.1. The maximum absolute atomic E-state index is 12.3. The number of halogens is 3. The van der Waals surface area contributed by atoms with Crippen molar-refractivity contribution in [2.24, 2.45) is 4.99 Å². The summed E-state index contributed by atoms with van der Waals surface area (Å²) in [5, 5.41) is 18.2. The van der Waals surface area contributed by atoms with Gasteiger partial charge in [-0.1, -0.05) is 0 Å². The number of aliphatic hydroxyl groups is 1. The molecule has 10 rings (SSSR count). The fraction of sp³-hybridized carbons (Fsp3) is 0.782. The van der Waals surface area contributed by atoms with Gasteiger partial charge >= 0.3 is 18.3 Å². The van der Waals surface area contributed by atoms with Gasteiger partial charge in [-0.25, -0.2) is 22.8 Å². The number of aliphatic hydroxyl groups excluding tert-OH is 1. The van der Waals surface area contributed by atoms with Crippen LogP contribution in [0.4, 0.5) is 14.4 Å². The van der Waals surface area contributed by atoms with Gasteiger partial charge in [0.2, 0.25) is 0 Å². The molecular weight excluding hydrogens is 1360 g/mol. The van der Waals surface area contributed by atoms with E-state index in [-0.39, 0.29) is 48.0 Å². The summed E-state index contributed by atoms with van der Waals surface area (Å²) in [7, 11) is -6.13. The van der Waals surface area contributed by atoms with Gasteiger partial charge in [-0.2, -0.15) is 53.9 Å². The lowest BCUT2D eigenvalue weighted by atomic mass is 10.0. The molecule has 3 amide bonds. The summed E-state index contributed by atoms with van der Waals surface area (Å²) in [5.41, 5.74) is 5.59. The predicted octanol–water partition coefficient (Wildman–Crippen LogP) is 11.2. The Balaban J connectivity index is 0.000000176. The Labute approximate surface area is 530 Å². The summed E-state index contributed by atoms with van der Waals surface area (Å²) in [4.78, 5) is 46.1. The lowest BCUT2D eigenvalue weighted by Crippen LogP contribution is -2.41. The number of thioether (sulfide) groups is 3. The zero-order valence-corrected chi connectivity index (χ0v) is 58.7. The van der Waals surface area contributed by atoms with Gasteiger partial charge in [-0.15, -0.1) is 0 Å². The lowest BCUT2D eigenvalue weighted by Gasteiger charge is -2.31. The molecule has 0 atom stereocenters. The second-order valence-electron chi connectivity index (χ2n) is 24.6. The van der Waals surface area contributed by atoms with E-state index in [1.165, 1.54) is 35.6 Å². The van der Waals surface area contributed by atoms with Crippen LogP contribution in [0, 0.1) is 0 Å². The van der Waals surface area contributed by atoms with Crippen LogP contribution in [0.3, 0.4) is 0 Å². The van der Waals surface area contributed by atoms with Crippen LogP contribution < -0.4 is 0 Å². The number of sulfone groups is 1. The van der Waals surface area contributed by atoms with Crippen LogP contribution >= 0.6 is 83.1 Å². The topological polar surface area (TPSA) is 234 Å². The van der Waals surface area contributed by atoms with Gasteiger partial charge in [0.25, 0.3) is 10.1 Å².